The number of carbonyl (C=O) groups excluding carboxylic acids is 1. The third-order valence-electron chi connectivity index (χ3n) is 2.62. The SMILES string of the molecule is C/C(=N/NC(=O)c1cc(Br)c[nH]1)c1cc(F)c(Cl)cc1Cl. The van der Waals surface area contributed by atoms with E-state index in [-0.39, 0.29) is 10.0 Å². The van der Waals surface area contributed by atoms with Crippen LogP contribution in [0.1, 0.15) is 23.0 Å². The number of nitrogens with one attached hydrogen (secondary N) is 2. The zero-order valence-electron chi connectivity index (χ0n) is 10.7. The highest BCUT2D eigenvalue weighted by molar-refractivity contribution is 9.10. The van der Waals surface area contributed by atoms with Gasteiger partial charge >= 0.3 is 0 Å². The van der Waals surface area contributed by atoms with Crippen LogP contribution in [-0.4, -0.2) is 16.6 Å². The fraction of sp³-hybridized carbons (Fsp3) is 0.0769. The molecule has 8 heteroatoms. The van der Waals surface area contributed by atoms with Gasteiger partial charge in [-0.3, -0.25) is 4.79 Å². The lowest BCUT2D eigenvalue weighted by atomic mass is 10.1. The van der Waals surface area contributed by atoms with E-state index in [9.17, 15) is 9.18 Å². The highest BCUT2D eigenvalue weighted by Gasteiger charge is 2.11. The van der Waals surface area contributed by atoms with Crippen LogP contribution in [0.4, 0.5) is 4.39 Å². The Morgan fingerprint density at radius 2 is 2.05 bits per heavy atom. The van der Waals surface area contributed by atoms with Crippen molar-refractivity contribution in [3.8, 4) is 0 Å². The number of aromatic amines is 1. The standard InChI is InChI=1S/C13H9BrCl2FN3O/c1-6(8-3-11(17)10(16)4-9(8)15)19-20-13(21)12-2-7(14)5-18-12/h2-5,18H,1H3,(H,20,21)/b19-6-. The van der Waals surface area contributed by atoms with Crippen molar-refractivity contribution in [2.24, 2.45) is 5.10 Å². The summed E-state index contributed by atoms with van der Waals surface area (Å²) in [7, 11) is 0. The van der Waals surface area contributed by atoms with Crippen molar-refractivity contribution in [1.29, 1.82) is 0 Å². The predicted octanol–water partition coefficient (Wildman–Crippen LogP) is 4.38. The summed E-state index contributed by atoms with van der Waals surface area (Å²) in [5.41, 5.74) is 3.40. The van der Waals surface area contributed by atoms with Gasteiger partial charge in [-0.05, 0) is 41.1 Å². The number of halogens is 4. The van der Waals surface area contributed by atoms with Crippen molar-refractivity contribution in [2.75, 3.05) is 0 Å². The Labute approximate surface area is 138 Å². The molecule has 0 aliphatic carbocycles. The van der Waals surface area contributed by atoms with Gasteiger partial charge in [-0.1, -0.05) is 23.2 Å². The smallest absolute Gasteiger partial charge is 0.287 e. The molecule has 21 heavy (non-hydrogen) atoms. The van der Waals surface area contributed by atoms with Crippen molar-refractivity contribution in [3.63, 3.8) is 0 Å². The zero-order valence-corrected chi connectivity index (χ0v) is 13.8. The number of hydrogen-bond donors (Lipinski definition) is 2. The largest absolute Gasteiger partial charge is 0.356 e. The van der Waals surface area contributed by atoms with E-state index in [1.54, 1.807) is 19.2 Å². The van der Waals surface area contributed by atoms with Crippen LogP contribution in [-0.2, 0) is 0 Å². The molecule has 1 aromatic carbocycles. The topological polar surface area (TPSA) is 57.2 Å². The zero-order chi connectivity index (χ0) is 15.6. The molecule has 4 nitrogen and oxygen atoms in total. The second-order valence-corrected chi connectivity index (χ2v) is 5.85. The Morgan fingerprint density at radius 3 is 2.67 bits per heavy atom. The van der Waals surface area contributed by atoms with Gasteiger partial charge in [0, 0.05) is 16.2 Å². The maximum absolute atomic E-state index is 13.4. The third kappa shape index (κ3) is 3.84. The lowest BCUT2D eigenvalue weighted by molar-refractivity contribution is 0.0950. The summed E-state index contributed by atoms with van der Waals surface area (Å²) in [5.74, 6) is -1.03. The lowest BCUT2D eigenvalue weighted by Crippen LogP contribution is -2.19. The molecular formula is C13H9BrCl2FN3O. The molecule has 0 unspecified atom stereocenters. The van der Waals surface area contributed by atoms with Crippen molar-refractivity contribution in [2.45, 2.75) is 6.92 Å². The molecule has 2 rings (SSSR count). The minimum Gasteiger partial charge on any atom is -0.356 e. The number of rotatable bonds is 3. The Morgan fingerprint density at radius 1 is 1.33 bits per heavy atom. The van der Waals surface area contributed by atoms with Gasteiger partial charge in [0.15, 0.2) is 0 Å². The fourth-order valence-electron chi connectivity index (χ4n) is 1.55. The second kappa shape index (κ2) is 6.60. The average molecular weight is 393 g/mol. The van der Waals surface area contributed by atoms with Crippen molar-refractivity contribution >= 4 is 50.8 Å². The summed E-state index contributed by atoms with van der Waals surface area (Å²) in [5, 5.41) is 4.08. The molecule has 2 N–H and O–H groups in total. The number of nitrogens with zero attached hydrogens (tertiary/aromatic N) is 1. The molecule has 0 aliphatic rings. The molecule has 0 bridgehead atoms. The highest BCUT2D eigenvalue weighted by Crippen LogP contribution is 2.24. The van der Waals surface area contributed by atoms with Crippen LogP contribution in [0.5, 0.6) is 0 Å². The molecule has 1 aromatic heterocycles. The molecule has 0 fully saturated rings. The molecule has 0 aliphatic heterocycles. The third-order valence-corrected chi connectivity index (χ3v) is 3.68. The maximum Gasteiger partial charge on any atom is 0.287 e. The first-order valence-corrected chi connectivity index (χ1v) is 7.27. The molecule has 0 spiro atoms. The molecule has 0 atom stereocenters. The minimum absolute atomic E-state index is 0.0724. The number of hydrogen-bond acceptors (Lipinski definition) is 2. The molecular weight excluding hydrogens is 384 g/mol. The van der Waals surface area contributed by atoms with E-state index in [2.05, 4.69) is 31.4 Å². The number of aromatic nitrogens is 1. The summed E-state index contributed by atoms with van der Waals surface area (Å²) in [6.45, 7) is 1.60. The van der Waals surface area contributed by atoms with Gasteiger partial charge in [-0.15, -0.1) is 0 Å². The Kier molecular flexibility index (Phi) is 5.03. The van der Waals surface area contributed by atoms with E-state index in [4.69, 9.17) is 23.2 Å². The highest BCUT2D eigenvalue weighted by atomic mass is 79.9. The molecule has 0 saturated heterocycles. The van der Waals surface area contributed by atoms with Gasteiger partial charge in [0.05, 0.1) is 15.8 Å². The average Bonchev–Trinajstić information content (AvgIpc) is 2.86. The predicted molar refractivity (Wildman–Crippen MR) is 84.6 cm³/mol. The van der Waals surface area contributed by atoms with E-state index >= 15 is 0 Å². The quantitative estimate of drug-likeness (QED) is 0.454. The summed E-state index contributed by atoms with van der Waals surface area (Å²) in [6, 6.07) is 4.06. The summed E-state index contributed by atoms with van der Waals surface area (Å²) in [4.78, 5) is 14.6. The van der Waals surface area contributed by atoms with E-state index in [0.717, 1.165) is 4.47 Å². The van der Waals surface area contributed by atoms with Crippen LogP contribution < -0.4 is 5.43 Å². The number of amides is 1. The van der Waals surface area contributed by atoms with Crippen LogP contribution in [0.3, 0.4) is 0 Å². The number of hydrazone groups is 1. The summed E-state index contributed by atoms with van der Waals surface area (Å²) < 4.78 is 14.2. The van der Waals surface area contributed by atoms with Crippen LogP contribution >= 0.6 is 39.1 Å². The number of carbonyl (C=O) groups is 1. The molecule has 1 heterocycles. The maximum atomic E-state index is 13.4. The first-order valence-electron chi connectivity index (χ1n) is 5.72. The van der Waals surface area contributed by atoms with E-state index < -0.39 is 11.7 Å². The molecule has 1 amide bonds. The van der Waals surface area contributed by atoms with E-state index in [1.807, 2.05) is 0 Å². The van der Waals surface area contributed by atoms with Crippen LogP contribution in [0.2, 0.25) is 10.0 Å². The molecule has 110 valence electrons. The van der Waals surface area contributed by atoms with Crippen molar-refractivity contribution < 1.29 is 9.18 Å². The first-order chi connectivity index (χ1) is 9.88. The summed E-state index contributed by atoms with van der Waals surface area (Å²) >= 11 is 14.8. The van der Waals surface area contributed by atoms with Crippen LogP contribution in [0, 0.1) is 5.82 Å². The van der Waals surface area contributed by atoms with Gasteiger partial charge in [-0.2, -0.15) is 5.10 Å². The van der Waals surface area contributed by atoms with Gasteiger partial charge in [0.25, 0.3) is 5.91 Å². The lowest BCUT2D eigenvalue weighted by Gasteiger charge is -2.06. The minimum atomic E-state index is -0.606. The summed E-state index contributed by atoms with van der Waals surface area (Å²) in [6.07, 6.45) is 1.62. The Hall–Kier alpha value is -1.37. The monoisotopic (exact) mass is 391 g/mol. The second-order valence-electron chi connectivity index (χ2n) is 4.12. The normalized spacial score (nSPS) is 11.6. The number of H-pyrrole nitrogens is 1. The van der Waals surface area contributed by atoms with Gasteiger partial charge in [-0.25, -0.2) is 9.82 Å². The van der Waals surface area contributed by atoms with E-state index in [0.29, 0.717) is 17.0 Å². The Balaban J connectivity index is 2.18. The van der Waals surface area contributed by atoms with Gasteiger partial charge < -0.3 is 4.98 Å². The van der Waals surface area contributed by atoms with Crippen LogP contribution in [0.25, 0.3) is 0 Å². The van der Waals surface area contributed by atoms with Crippen molar-refractivity contribution in [1.82, 2.24) is 10.4 Å². The Bertz CT molecular complexity index is 730. The van der Waals surface area contributed by atoms with Crippen LogP contribution in [0.15, 0.2) is 34.0 Å². The molecule has 2 aromatic rings. The molecule has 0 radical (unpaired) electrons. The van der Waals surface area contributed by atoms with E-state index in [1.165, 1.54) is 12.1 Å². The molecule has 0 saturated carbocycles. The van der Waals surface area contributed by atoms with Gasteiger partial charge in [0.2, 0.25) is 0 Å². The number of benzene rings is 1. The van der Waals surface area contributed by atoms with Crippen molar-refractivity contribution in [3.05, 3.63) is 56.0 Å². The van der Waals surface area contributed by atoms with Gasteiger partial charge in [0.1, 0.15) is 11.5 Å². The fourth-order valence-corrected chi connectivity index (χ4v) is 2.42. The first kappa shape index (κ1) is 16.0.